The van der Waals surface area contributed by atoms with Gasteiger partial charge in [-0.05, 0) is 23.8 Å². The quantitative estimate of drug-likeness (QED) is 0.192. The number of carbonyl (C=O) groups excluding carboxylic acids is 5. The molecule has 5 unspecified atom stereocenters. The average Bonchev–Trinajstić information content (AvgIpc) is 3.09. The third-order valence-electron chi connectivity index (χ3n) is 5.29. The van der Waals surface area contributed by atoms with Crippen LogP contribution in [0.3, 0.4) is 0 Å². The summed E-state index contributed by atoms with van der Waals surface area (Å²) in [6, 6.07) is 4.72. The van der Waals surface area contributed by atoms with E-state index in [0.29, 0.717) is 15.6 Å². The van der Waals surface area contributed by atoms with Gasteiger partial charge in [-0.25, -0.2) is 0 Å². The first-order valence-corrected chi connectivity index (χ1v) is 13.3. The van der Waals surface area contributed by atoms with Gasteiger partial charge in [-0.15, -0.1) is 0 Å². The summed E-state index contributed by atoms with van der Waals surface area (Å²) in [4.78, 5) is 62.4. The van der Waals surface area contributed by atoms with Crippen LogP contribution in [0.15, 0.2) is 23.1 Å². The standard InChI is InChI=1S/C24H23Cl2NO10S2/c1-10(28)33-9-17-19(34-11(2)29)20(35-12(3)30)21(36-13(4)31)23(37-17)27-22(32)18(39-24(27)38)7-14-5-6-15(25)8-16(14)26/h5-8,17,19-21,23H,9H2,1-4H3/b18-7+. The molecule has 2 saturated heterocycles. The second kappa shape index (κ2) is 13.1. The first-order chi connectivity index (χ1) is 18.3. The fraction of sp³-hybridized carbons (Fsp3) is 0.417. The molecule has 0 N–H and O–H groups in total. The highest BCUT2D eigenvalue weighted by molar-refractivity contribution is 8.26. The Labute approximate surface area is 243 Å². The van der Waals surface area contributed by atoms with Crippen molar-refractivity contribution in [3.8, 4) is 0 Å². The number of amides is 1. The monoisotopic (exact) mass is 619 g/mol. The third kappa shape index (κ3) is 7.70. The maximum atomic E-state index is 13.6. The van der Waals surface area contributed by atoms with Crippen LogP contribution in [-0.2, 0) is 47.7 Å². The lowest BCUT2D eigenvalue weighted by atomic mass is 9.96. The molecule has 1 aromatic carbocycles. The lowest BCUT2D eigenvalue weighted by Crippen LogP contribution is -2.66. The van der Waals surface area contributed by atoms with E-state index in [1.807, 2.05) is 0 Å². The highest BCUT2D eigenvalue weighted by Crippen LogP contribution is 2.40. The SMILES string of the molecule is CC(=O)OCC1OC(N2C(=O)/C(=C\c3ccc(Cl)cc3Cl)SC2=S)C(OC(C)=O)C(OC(C)=O)C1OC(C)=O. The number of benzene rings is 1. The summed E-state index contributed by atoms with van der Waals surface area (Å²) >= 11 is 18.6. The van der Waals surface area contributed by atoms with Crippen molar-refractivity contribution in [1.29, 1.82) is 0 Å². The normalized spacial score (nSPS) is 25.8. The van der Waals surface area contributed by atoms with Crippen LogP contribution in [0.2, 0.25) is 10.0 Å². The Morgan fingerprint density at radius 1 is 0.974 bits per heavy atom. The molecule has 39 heavy (non-hydrogen) atoms. The Morgan fingerprint density at radius 2 is 1.56 bits per heavy atom. The molecule has 0 aromatic heterocycles. The molecule has 1 aromatic rings. The molecule has 2 aliphatic rings. The molecule has 0 spiro atoms. The van der Waals surface area contributed by atoms with Crippen molar-refractivity contribution in [1.82, 2.24) is 4.90 Å². The van der Waals surface area contributed by atoms with Crippen LogP contribution in [0.25, 0.3) is 6.08 Å². The molecule has 0 bridgehead atoms. The Bertz CT molecular complexity index is 1240. The van der Waals surface area contributed by atoms with Crippen LogP contribution in [0.5, 0.6) is 0 Å². The van der Waals surface area contributed by atoms with E-state index in [1.165, 1.54) is 12.1 Å². The van der Waals surface area contributed by atoms with E-state index in [4.69, 9.17) is 59.1 Å². The molecule has 3 rings (SSSR count). The van der Waals surface area contributed by atoms with E-state index >= 15 is 0 Å². The minimum absolute atomic E-state index is 0.0252. The van der Waals surface area contributed by atoms with Crippen molar-refractivity contribution in [2.45, 2.75) is 58.3 Å². The minimum Gasteiger partial charge on any atom is -0.463 e. The molecule has 210 valence electrons. The molecule has 2 fully saturated rings. The van der Waals surface area contributed by atoms with Gasteiger partial charge in [0, 0.05) is 37.7 Å². The smallest absolute Gasteiger partial charge is 0.303 e. The number of hydrogen-bond donors (Lipinski definition) is 0. The first kappa shape index (κ1) is 30.8. The van der Waals surface area contributed by atoms with Gasteiger partial charge >= 0.3 is 23.9 Å². The van der Waals surface area contributed by atoms with E-state index in [1.54, 1.807) is 12.1 Å². The van der Waals surface area contributed by atoms with E-state index in [-0.39, 0.29) is 9.23 Å². The van der Waals surface area contributed by atoms with Crippen molar-refractivity contribution < 1.29 is 47.7 Å². The molecule has 2 aliphatic heterocycles. The maximum absolute atomic E-state index is 13.6. The Morgan fingerprint density at radius 3 is 2.13 bits per heavy atom. The molecule has 15 heteroatoms. The molecule has 0 radical (unpaired) electrons. The predicted molar refractivity (Wildman–Crippen MR) is 143 cm³/mol. The molecule has 0 saturated carbocycles. The summed E-state index contributed by atoms with van der Waals surface area (Å²) in [6.45, 7) is 4.01. The second-order valence-corrected chi connectivity index (χ2v) is 10.8. The average molecular weight is 620 g/mol. The number of hydrogen-bond acceptors (Lipinski definition) is 12. The van der Waals surface area contributed by atoms with Crippen LogP contribution in [0.1, 0.15) is 33.3 Å². The number of thioether (sulfide) groups is 1. The first-order valence-electron chi connectivity index (χ1n) is 11.3. The largest absolute Gasteiger partial charge is 0.463 e. The summed E-state index contributed by atoms with van der Waals surface area (Å²) in [5.74, 6) is -3.68. The Balaban J connectivity index is 2.06. The second-order valence-electron chi connectivity index (χ2n) is 8.31. The van der Waals surface area contributed by atoms with Crippen molar-refractivity contribution in [2.75, 3.05) is 6.61 Å². The molecular weight excluding hydrogens is 597 g/mol. The number of rotatable bonds is 7. The number of ether oxygens (including phenoxy) is 5. The summed E-state index contributed by atoms with van der Waals surface area (Å²) in [7, 11) is 0. The lowest BCUT2D eigenvalue weighted by molar-refractivity contribution is -0.268. The highest BCUT2D eigenvalue weighted by atomic mass is 35.5. The zero-order chi connectivity index (χ0) is 29.0. The number of thiocarbonyl (C=S) groups is 1. The van der Waals surface area contributed by atoms with E-state index < -0.39 is 67.0 Å². The third-order valence-corrected chi connectivity index (χ3v) is 7.19. The van der Waals surface area contributed by atoms with E-state index in [2.05, 4.69) is 0 Å². The summed E-state index contributed by atoms with van der Waals surface area (Å²) in [5.41, 5.74) is 0.489. The molecule has 5 atom stereocenters. The fourth-order valence-electron chi connectivity index (χ4n) is 3.87. The number of esters is 4. The van der Waals surface area contributed by atoms with Gasteiger partial charge in [0.15, 0.2) is 28.9 Å². The zero-order valence-electron chi connectivity index (χ0n) is 21.0. The maximum Gasteiger partial charge on any atom is 0.303 e. The molecular formula is C24H23Cl2NO10S2. The van der Waals surface area contributed by atoms with Gasteiger partial charge in [-0.2, -0.15) is 0 Å². The predicted octanol–water partition coefficient (Wildman–Crippen LogP) is 3.28. The minimum atomic E-state index is -1.48. The van der Waals surface area contributed by atoms with Gasteiger partial charge in [-0.1, -0.05) is 53.2 Å². The number of halogens is 2. The van der Waals surface area contributed by atoms with Gasteiger partial charge in [0.25, 0.3) is 5.91 Å². The summed E-state index contributed by atoms with van der Waals surface area (Å²) in [5, 5.41) is 0.697. The van der Waals surface area contributed by atoms with E-state index in [9.17, 15) is 24.0 Å². The number of nitrogens with zero attached hydrogens (tertiary/aromatic N) is 1. The van der Waals surface area contributed by atoms with Gasteiger partial charge in [0.05, 0.1) is 4.91 Å². The van der Waals surface area contributed by atoms with Crippen LogP contribution < -0.4 is 0 Å². The van der Waals surface area contributed by atoms with Crippen molar-refractivity contribution in [3.63, 3.8) is 0 Å². The van der Waals surface area contributed by atoms with Crippen molar-refractivity contribution >= 4 is 87.4 Å². The van der Waals surface area contributed by atoms with Crippen LogP contribution >= 0.6 is 47.2 Å². The Hall–Kier alpha value is -2.71. The van der Waals surface area contributed by atoms with Crippen molar-refractivity contribution in [3.05, 3.63) is 38.7 Å². The zero-order valence-corrected chi connectivity index (χ0v) is 24.2. The van der Waals surface area contributed by atoms with Crippen LogP contribution in [-0.4, -0.2) is 76.3 Å². The topological polar surface area (TPSA) is 135 Å². The van der Waals surface area contributed by atoms with Crippen LogP contribution in [0.4, 0.5) is 0 Å². The molecule has 0 aliphatic carbocycles. The lowest BCUT2D eigenvalue weighted by Gasteiger charge is -2.46. The van der Waals surface area contributed by atoms with Gasteiger partial charge < -0.3 is 23.7 Å². The highest BCUT2D eigenvalue weighted by Gasteiger charge is 2.56. The molecule has 11 nitrogen and oxygen atoms in total. The fourth-order valence-corrected chi connectivity index (χ4v) is 5.64. The van der Waals surface area contributed by atoms with Crippen molar-refractivity contribution in [2.24, 2.45) is 0 Å². The molecule has 2 heterocycles. The van der Waals surface area contributed by atoms with Gasteiger partial charge in [-0.3, -0.25) is 28.9 Å². The summed E-state index contributed by atoms with van der Waals surface area (Å²) in [6.07, 6.45) is -5.49. The summed E-state index contributed by atoms with van der Waals surface area (Å²) < 4.78 is 27.3. The molecule has 1 amide bonds. The van der Waals surface area contributed by atoms with Crippen LogP contribution in [0, 0.1) is 0 Å². The Kier molecular flexibility index (Phi) is 10.4. The number of carbonyl (C=O) groups is 5. The van der Waals surface area contributed by atoms with Gasteiger partial charge in [0.2, 0.25) is 0 Å². The van der Waals surface area contributed by atoms with E-state index in [0.717, 1.165) is 44.4 Å². The van der Waals surface area contributed by atoms with Gasteiger partial charge in [0.1, 0.15) is 12.7 Å².